The van der Waals surface area contributed by atoms with E-state index in [4.69, 9.17) is 5.11 Å². The van der Waals surface area contributed by atoms with Crippen LogP contribution in [0.15, 0.2) is 24.3 Å². The molecule has 0 saturated carbocycles. The van der Waals surface area contributed by atoms with Crippen molar-refractivity contribution < 1.29 is 19.9 Å². The van der Waals surface area contributed by atoms with Crippen LogP contribution in [0.25, 0.3) is 11.4 Å². The number of carbonyl (C=O) groups is 1. The summed E-state index contributed by atoms with van der Waals surface area (Å²) in [4.78, 5) is 28.8. The Bertz CT molecular complexity index is 714. The Kier molecular flexibility index (Phi) is 3.30. The van der Waals surface area contributed by atoms with Gasteiger partial charge in [0.2, 0.25) is 0 Å². The minimum atomic E-state index is -1.22. The van der Waals surface area contributed by atoms with Crippen molar-refractivity contribution in [3.8, 4) is 17.1 Å². The molecule has 0 spiro atoms. The summed E-state index contributed by atoms with van der Waals surface area (Å²) in [6, 6.07) is 4.90. The highest BCUT2D eigenvalue weighted by molar-refractivity contribution is 5.86. The van der Waals surface area contributed by atoms with E-state index >= 15 is 0 Å². The third-order valence-corrected chi connectivity index (χ3v) is 2.50. The molecular weight excluding hydrogens is 266 g/mol. The van der Waals surface area contributed by atoms with Gasteiger partial charge in [0, 0.05) is 17.3 Å². The zero-order valence-electron chi connectivity index (χ0n) is 10.3. The molecular formula is C12H9N3O5. The lowest BCUT2D eigenvalue weighted by Gasteiger charge is -2.04. The number of nitro groups is 1. The maximum Gasteiger partial charge on any atom is 0.354 e. The molecule has 0 radical (unpaired) electrons. The Morgan fingerprint density at radius 3 is 2.60 bits per heavy atom. The Hall–Kier alpha value is -3.03. The summed E-state index contributed by atoms with van der Waals surface area (Å²) < 4.78 is 0. The SMILES string of the molecule is Cc1cc(C(=O)O)nc(-c2ccc(O)c([N+](=O)[O-])c2)n1. The van der Waals surface area contributed by atoms with Crippen molar-refractivity contribution in [3.63, 3.8) is 0 Å². The monoisotopic (exact) mass is 275 g/mol. The van der Waals surface area contributed by atoms with Gasteiger partial charge < -0.3 is 10.2 Å². The lowest BCUT2D eigenvalue weighted by Crippen LogP contribution is -2.04. The minimum Gasteiger partial charge on any atom is -0.502 e. The number of phenolic OH excluding ortho intramolecular Hbond substituents is 1. The highest BCUT2D eigenvalue weighted by atomic mass is 16.6. The lowest BCUT2D eigenvalue weighted by atomic mass is 10.1. The molecule has 102 valence electrons. The maximum atomic E-state index is 10.9. The predicted octanol–water partition coefficient (Wildman–Crippen LogP) is 1.76. The number of phenols is 1. The molecule has 0 atom stereocenters. The fraction of sp³-hybridized carbons (Fsp3) is 0.0833. The van der Waals surface area contributed by atoms with Gasteiger partial charge in [-0.3, -0.25) is 10.1 Å². The minimum absolute atomic E-state index is 0.0468. The number of nitro benzene ring substituents is 1. The summed E-state index contributed by atoms with van der Waals surface area (Å²) in [5, 5.41) is 29.1. The van der Waals surface area contributed by atoms with E-state index in [0.717, 1.165) is 12.1 Å². The van der Waals surface area contributed by atoms with Gasteiger partial charge in [0.05, 0.1) is 4.92 Å². The Morgan fingerprint density at radius 2 is 2.00 bits per heavy atom. The van der Waals surface area contributed by atoms with E-state index < -0.39 is 22.3 Å². The van der Waals surface area contributed by atoms with Crippen LogP contribution in [0.2, 0.25) is 0 Å². The fourth-order valence-electron chi connectivity index (χ4n) is 1.62. The van der Waals surface area contributed by atoms with Gasteiger partial charge in [-0.15, -0.1) is 0 Å². The second-order valence-electron chi connectivity index (χ2n) is 3.98. The quantitative estimate of drug-likeness (QED) is 0.645. The van der Waals surface area contributed by atoms with E-state index in [1.807, 2.05) is 0 Å². The predicted molar refractivity (Wildman–Crippen MR) is 67.5 cm³/mol. The van der Waals surface area contributed by atoms with E-state index in [9.17, 15) is 20.0 Å². The molecule has 2 N–H and O–H groups in total. The van der Waals surface area contributed by atoms with Crippen LogP contribution in [0.1, 0.15) is 16.2 Å². The Balaban J connectivity index is 2.59. The summed E-state index contributed by atoms with van der Waals surface area (Å²) >= 11 is 0. The number of carboxylic acids is 1. The number of hydrogen-bond acceptors (Lipinski definition) is 6. The number of hydrogen-bond donors (Lipinski definition) is 2. The second-order valence-corrected chi connectivity index (χ2v) is 3.98. The van der Waals surface area contributed by atoms with E-state index in [0.29, 0.717) is 5.69 Å². The summed E-state index contributed by atoms with van der Waals surface area (Å²) in [5.74, 6) is -1.65. The third kappa shape index (κ3) is 2.53. The van der Waals surface area contributed by atoms with Crippen LogP contribution in [0.3, 0.4) is 0 Å². The van der Waals surface area contributed by atoms with E-state index in [-0.39, 0.29) is 17.1 Å². The molecule has 0 bridgehead atoms. The summed E-state index contributed by atoms with van der Waals surface area (Å²) in [5.41, 5.74) is -0.0310. The molecule has 20 heavy (non-hydrogen) atoms. The average molecular weight is 275 g/mol. The highest BCUT2D eigenvalue weighted by Gasteiger charge is 2.17. The molecule has 1 aromatic carbocycles. The number of benzene rings is 1. The van der Waals surface area contributed by atoms with Crippen molar-refractivity contribution in [2.45, 2.75) is 6.92 Å². The largest absolute Gasteiger partial charge is 0.502 e. The van der Waals surface area contributed by atoms with Crippen LogP contribution < -0.4 is 0 Å². The van der Waals surface area contributed by atoms with Crippen LogP contribution in [0.4, 0.5) is 5.69 Å². The smallest absolute Gasteiger partial charge is 0.354 e. The summed E-state index contributed by atoms with van der Waals surface area (Å²) in [6.07, 6.45) is 0. The molecule has 2 rings (SSSR count). The molecule has 8 nitrogen and oxygen atoms in total. The number of aromatic hydroxyl groups is 1. The van der Waals surface area contributed by atoms with Crippen LogP contribution in [-0.2, 0) is 0 Å². The third-order valence-electron chi connectivity index (χ3n) is 2.50. The standard InChI is InChI=1S/C12H9N3O5/c1-6-4-8(12(17)18)14-11(13-6)7-2-3-10(16)9(5-7)15(19)20/h2-5,16H,1H3,(H,17,18). The van der Waals surface area contributed by atoms with Gasteiger partial charge in [-0.25, -0.2) is 14.8 Å². The number of aromatic carboxylic acids is 1. The normalized spacial score (nSPS) is 10.2. The molecule has 0 saturated heterocycles. The molecule has 0 fully saturated rings. The maximum absolute atomic E-state index is 10.9. The lowest BCUT2D eigenvalue weighted by molar-refractivity contribution is -0.385. The van der Waals surface area contributed by atoms with Gasteiger partial charge in [-0.2, -0.15) is 0 Å². The Labute approximate surface area is 112 Å². The van der Waals surface area contributed by atoms with Gasteiger partial charge in [-0.1, -0.05) is 0 Å². The first-order chi connectivity index (χ1) is 9.38. The molecule has 0 amide bonds. The van der Waals surface area contributed by atoms with Crippen molar-refractivity contribution in [3.05, 3.63) is 45.8 Å². The van der Waals surface area contributed by atoms with Crippen LogP contribution in [-0.4, -0.2) is 31.1 Å². The summed E-state index contributed by atoms with van der Waals surface area (Å²) in [6.45, 7) is 1.59. The topological polar surface area (TPSA) is 126 Å². The van der Waals surface area contributed by atoms with Crippen LogP contribution >= 0.6 is 0 Å². The van der Waals surface area contributed by atoms with E-state index in [1.165, 1.54) is 12.1 Å². The Morgan fingerprint density at radius 1 is 1.30 bits per heavy atom. The number of nitrogens with zero attached hydrogens (tertiary/aromatic N) is 3. The number of carboxylic acid groups (broad SMARTS) is 1. The van der Waals surface area contributed by atoms with Crippen molar-refractivity contribution in [2.75, 3.05) is 0 Å². The first-order valence-electron chi connectivity index (χ1n) is 5.45. The van der Waals surface area contributed by atoms with Crippen molar-refractivity contribution >= 4 is 11.7 Å². The number of aromatic nitrogens is 2. The van der Waals surface area contributed by atoms with Crippen molar-refractivity contribution in [1.29, 1.82) is 0 Å². The second kappa shape index (κ2) is 4.92. The van der Waals surface area contributed by atoms with E-state index in [1.54, 1.807) is 6.92 Å². The summed E-state index contributed by atoms with van der Waals surface area (Å²) in [7, 11) is 0. The zero-order chi connectivity index (χ0) is 14.9. The van der Waals surface area contributed by atoms with Gasteiger partial charge in [-0.05, 0) is 25.1 Å². The molecule has 0 aliphatic heterocycles. The first-order valence-corrected chi connectivity index (χ1v) is 5.45. The van der Waals surface area contributed by atoms with Gasteiger partial charge in [0.25, 0.3) is 0 Å². The number of rotatable bonds is 3. The van der Waals surface area contributed by atoms with Gasteiger partial charge in [0.1, 0.15) is 0 Å². The molecule has 1 aromatic heterocycles. The molecule has 8 heteroatoms. The van der Waals surface area contributed by atoms with Crippen molar-refractivity contribution in [2.24, 2.45) is 0 Å². The molecule has 0 aliphatic rings. The van der Waals surface area contributed by atoms with Gasteiger partial charge >= 0.3 is 11.7 Å². The highest BCUT2D eigenvalue weighted by Crippen LogP contribution is 2.30. The fourth-order valence-corrected chi connectivity index (χ4v) is 1.62. The molecule has 0 unspecified atom stereocenters. The first kappa shape index (κ1) is 13.4. The van der Waals surface area contributed by atoms with Crippen molar-refractivity contribution in [1.82, 2.24) is 9.97 Å². The molecule has 0 aliphatic carbocycles. The molecule has 1 heterocycles. The number of aryl methyl sites for hydroxylation is 1. The average Bonchev–Trinajstić information content (AvgIpc) is 2.38. The van der Waals surface area contributed by atoms with Crippen LogP contribution in [0, 0.1) is 17.0 Å². The zero-order valence-corrected chi connectivity index (χ0v) is 10.3. The van der Waals surface area contributed by atoms with E-state index in [2.05, 4.69) is 9.97 Å². The van der Waals surface area contributed by atoms with Gasteiger partial charge in [0.15, 0.2) is 17.3 Å². The molecule has 2 aromatic rings. The van der Waals surface area contributed by atoms with Crippen LogP contribution in [0.5, 0.6) is 5.75 Å².